The Hall–Kier alpha value is -2.74. The number of alkyl halides is 1. The molecule has 0 spiro atoms. The highest BCUT2D eigenvalue weighted by Crippen LogP contribution is 2.26. The average Bonchev–Trinajstić information content (AvgIpc) is 3.02. The molecule has 0 radical (unpaired) electrons. The molecular formula is C18H15ClF2N4O2. The van der Waals surface area contributed by atoms with E-state index >= 15 is 0 Å². The molecule has 1 saturated heterocycles. The highest BCUT2D eigenvalue weighted by Gasteiger charge is 2.41. The monoisotopic (exact) mass is 392 g/mol. The third-order valence-corrected chi connectivity index (χ3v) is 4.85. The first-order valence-electron chi connectivity index (χ1n) is 8.23. The van der Waals surface area contributed by atoms with E-state index in [1.54, 1.807) is 6.20 Å². The molecule has 6 nitrogen and oxygen atoms in total. The molecule has 1 aromatic carbocycles. The van der Waals surface area contributed by atoms with Crippen molar-refractivity contribution >= 4 is 23.0 Å². The predicted octanol–water partition coefficient (Wildman–Crippen LogP) is 2.53. The Kier molecular flexibility index (Phi) is 4.03. The van der Waals surface area contributed by atoms with Crippen molar-refractivity contribution in [3.8, 4) is 11.3 Å². The zero-order chi connectivity index (χ0) is 19.3. The van der Waals surface area contributed by atoms with Crippen molar-refractivity contribution in [2.45, 2.75) is 19.1 Å². The van der Waals surface area contributed by atoms with Gasteiger partial charge in [-0.25, -0.2) is 13.8 Å². The van der Waals surface area contributed by atoms with Crippen LogP contribution in [-0.4, -0.2) is 43.5 Å². The molecule has 3 heterocycles. The fourth-order valence-corrected chi connectivity index (χ4v) is 3.37. The summed E-state index contributed by atoms with van der Waals surface area (Å²) in [5.74, 6) is -0.899. The summed E-state index contributed by atoms with van der Waals surface area (Å²) in [4.78, 5) is 30.7. The van der Waals surface area contributed by atoms with Crippen molar-refractivity contribution in [3.63, 3.8) is 0 Å². The van der Waals surface area contributed by atoms with Crippen LogP contribution >= 0.6 is 11.6 Å². The number of carbonyl (C=O) groups is 1. The lowest BCUT2D eigenvalue weighted by atomic mass is 9.99. The van der Waals surface area contributed by atoms with Crippen LogP contribution in [0.2, 0.25) is 5.02 Å². The molecule has 1 amide bonds. The van der Waals surface area contributed by atoms with Crippen LogP contribution in [0, 0.1) is 5.82 Å². The lowest BCUT2D eigenvalue weighted by Gasteiger charge is -2.42. The molecule has 0 saturated carbocycles. The number of hydrogen-bond acceptors (Lipinski definition) is 3. The molecule has 0 atom stereocenters. The molecule has 9 heteroatoms. The number of hydrogen-bond donors (Lipinski definition) is 0. The topological polar surface area (TPSA) is 59.6 Å². The summed E-state index contributed by atoms with van der Waals surface area (Å²) < 4.78 is 29.8. The first kappa shape index (κ1) is 17.7. The van der Waals surface area contributed by atoms with Crippen LogP contribution in [0.15, 0.2) is 41.7 Å². The number of aromatic nitrogens is 3. The van der Waals surface area contributed by atoms with Gasteiger partial charge in [0.2, 0.25) is 5.91 Å². The molecule has 0 unspecified atom stereocenters. The summed E-state index contributed by atoms with van der Waals surface area (Å²) in [6, 6.07) is 4.07. The number of fused-ring (bicyclic) bond motifs is 1. The van der Waals surface area contributed by atoms with E-state index in [-0.39, 0.29) is 36.1 Å². The van der Waals surface area contributed by atoms with Gasteiger partial charge >= 0.3 is 0 Å². The summed E-state index contributed by atoms with van der Waals surface area (Å²) in [6.07, 6.45) is 4.53. The van der Waals surface area contributed by atoms with E-state index < -0.39 is 17.0 Å². The van der Waals surface area contributed by atoms with Crippen molar-refractivity contribution in [1.29, 1.82) is 0 Å². The third-order valence-electron chi connectivity index (χ3n) is 4.56. The van der Waals surface area contributed by atoms with E-state index in [4.69, 9.17) is 11.6 Å². The molecule has 27 heavy (non-hydrogen) atoms. The molecule has 0 bridgehead atoms. The minimum Gasteiger partial charge on any atom is -0.335 e. The summed E-state index contributed by atoms with van der Waals surface area (Å²) in [5.41, 5.74) is -0.732. The van der Waals surface area contributed by atoms with Crippen molar-refractivity contribution < 1.29 is 13.6 Å². The maximum Gasteiger partial charge on any atom is 0.277 e. The Bertz CT molecular complexity index is 1110. The normalized spacial score (nSPS) is 15.8. The van der Waals surface area contributed by atoms with Gasteiger partial charge in [0.05, 0.1) is 18.1 Å². The van der Waals surface area contributed by atoms with Crippen molar-refractivity contribution in [2.24, 2.45) is 0 Å². The highest BCUT2D eigenvalue weighted by atomic mass is 35.5. The summed E-state index contributed by atoms with van der Waals surface area (Å²) in [5, 5.41) is -0.0767. The fourth-order valence-electron chi connectivity index (χ4n) is 3.19. The van der Waals surface area contributed by atoms with Gasteiger partial charge in [0.25, 0.3) is 5.56 Å². The van der Waals surface area contributed by atoms with Gasteiger partial charge in [-0.2, -0.15) is 0 Å². The van der Waals surface area contributed by atoms with Crippen molar-refractivity contribution in [2.75, 3.05) is 13.1 Å². The number of benzene rings is 1. The molecule has 3 aromatic rings. The second kappa shape index (κ2) is 6.16. The van der Waals surface area contributed by atoms with Gasteiger partial charge in [0, 0.05) is 18.0 Å². The largest absolute Gasteiger partial charge is 0.335 e. The van der Waals surface area contributed by atoms with Gasteiger partial charge in [-0.15, -0.1) is 0 Å². The van der Waals surface area contributed by atoms with E-state index in [9.17, 15) is 18.4 Å². The van der Waals surface area contributed by atoms with Gasteiger partial charge in [-0.3, -0.25) is 14.0 Å². The zero-order valence-corrected chi connectivity index (χ0v) is 15.1. The fraction of sp³-hybridized carbons (Fsp3) is 0.278. The first-order valence-corrected chi connectivity index (χ1v) is 8.61. The van der Waals surface area contributed by atoms with Crippen LogP contribution in [0.4, 0.5) is 8.78 Å². The van der Waals surface area contributed by atoms with Crippen LogP contribution in [0.5, 0.6) is 0 Å². The van der Waals surface area contributed by atoms with Gasteiger partial charge in [0.1, 0.15) is 35.6 Å². The van der Waals surface area contributed by atoms with Gasteiger partial charge in [-0.1, -0.05) is 11.6 Å². The average molecular weight is 393 g/mol. The summed E-state index contributed by atoms with van der Waals surface area (Å²) in [7, 11) is 0. The van der Waals surface area contributed by atoms with Crippen LogP contribution in [0.1, 0.15) is 6.92 Å². The molecule has 1 aliphatic rings. The number of carbonyl (C=O) groups excluding carboxylic acids is 1. The summed E-state index contributed by atoms with van der Waals surface area (Å²) >= 11 is 5.83. The lowest BCUT2D eigenvalue weighted by molar-refractivity contribution is -0.144. The molecule has 1 aliphatic heterocycles. The van der Waals surface area contributed by atoms with E-state index in [1.807, 2.05) is 0 Å². The number of halogens is 3. The van der Waals surface area contributed by atoms with Gasteiger partial charge < -0.3 is 9.47 Å². The smallest absolute Gasteiger partial charge is 0.277 e. The van der Waals surface area contributed by atoms with Crippen molar-refractivity contribution in [1.82, 2.24) is 18.9 Å². The van der Waals surface area contributed by atoms with Gasteiger partial charge in [-0.05, 0) is 25.1 Å². The van der Waals surface area contributed by atoms with E-state index in [2.05, 4.69) is 4.98 Å². The highest BCUT2D eigenvalue weighted by molar-refractivity contribution is 6.31. The Morgan fingerprint density at radius 2 is 2.07 bits per heavy atom. The Balaban J connectivity index is 1.70. The Morgan fingerprint density at radius 3 is 2.74 bits per heavy atom. The molecule has 140 valence electrons. The second-order valence-corrected chi connectivity index (χ2v) is 7.28. The van der Waals surface area contributed by atoms with Gasteiger partial charge in [0.15, 0.2) is 0 Å². The molecule has 1 fully saturated rings. The van der Waals surface area contributed by atoms with E-state index in [0.29, 0.717) is 11.3 Å². The standard InChI is InChI=1S/C18H15ClF2N4O2/c1-18(21)8-25(9-18)14(26)7-23-4-5-24-10-22-15(16(24)17(23)27)11-2-3-13(20)12(19)6-11/h2-6,10H,7-9H2,1H3. The van der Waals surface area contributed by atoms with Crippen molar-refractivity contribution in [3.05, 3.63) is 58.1 Å². The number of nitrogens with zero attached hydrogens (tertiary/aromatic N) is 4. The second-order valence-electron chi connectivity index (χ2n) is 6.87. The SMILES string of the molecule is CC1(F)CN(C(=O)Cn2ccn3cnc(-c4ccc(F)c(Cl)c4)c3c2=O)C1. The van der Waals surface area contributed by atoms with Crippen LogP contribution in [0.3, 0.4) is 0 Å². The third kappa shape index (κ3) is 3.10. The number of likely N-dealkylation sites (tertiary alicyclic amines) is 1. The number of amides is 1. The maximum absolute atomic E-state index is 13.6. The molecule has 0 N–H and O–H groups in total. The lowest BCUT2D eigenvalue weighted by Crippen LogP contribution is -2.60. The molecule has 2 aromatic heterocycles. The summed E-state index contributed by atoms with van der Waals surface area (Å²) in [6.45, 7) is 1.28. The number of rotatable bonds is 3. The minimum absolute atomic E-state index is 0.0227. The number of imidazole rings is 1. The van der Waals surface area contributed by atoms with Crippen LogP contribution < -0.4 is 5.56 Å². The quantitative estimate of drug-likeness (QED) is 0.688. The zero-order valence-electron chi connectivity index (χ0n) is 14.3. The Morgan fingerprint density at radius 1 is 1.33 bits per heavy atom. The predicted molar refractivity (Wildman–Crippen MR) is 95.9 cm³/mol. The first-order chi connectivity index (χ1) is 12.7. The molecular weight excluding hydrogens is 378 g/mol. The maximum atomic E-state index is 13.6. The Labute approximate surface area is 157 Å². The molecule has 4 rings (SSSR count). The van der Waals surface area contributed by atoms with Crippen LogP contribution in [-0.2, 0) is 11.3 Å². The van der Waals surface area contributed by atoms with E-state index in [1.165, 1.54) is 51.5 Å². The van der Waals surface area contributed by atoms with Crippen LogP contribution in [0.25, 0.3) is 16.8 Å². The molecule has 0 aliphatic carbocycles. The minimum atomic E-state index is -1.37. The van der Waals surface area contributed by atoms with E-state index in [0.717, 1.165) is 0 Å².